The molecule has 0 unspecified atom stereocenters. The van der Waals surface area contributed by atoms with Crippen molar-refractivity contribution < 1.29 is 13.2 Å². The molecule has 5 aromatic rings. The van der Waals surface area contributed by atoms with E-state index in [9.17, 15) is 18.0 Å². The van der Waals surface area contributed by atoms with Gasteiger partial charge < -0.3 is 0 Å². The molecule has 5 nitrogen and oxygen atoms in total. The lowest BCUT2D eigenvalue weighted by Gasteiger charge is -2.16. The summed E-state index contributed by atoms with van der Waals surface area (Å²) >= 11 is 18.5. The Kier molecular flexibility index (Phi) is 5.83. The second-order valence-electron chi connectivity index (χ2n) is 7.48. The van der Waals surface area contributed by atoms with Crippen LogP contribution >= 0.6 is 34.8 Å². The van der Waals surface area contributed by atoms with E-state index in [4.69, 9.17) is 34.8 Å². The molecule has 0 aliphatic rings. The first-order valence-electron chi connectivity index (χ1n) is 10.0. The summed E-state index contributed by atoms with van der Waals surface area (Å²) in [5.41, 5.74) is -1.22. The smallest absolute Gasteiger partial charge is 0.292 e. The van der Waals surface area contributed by atoms with Crippen molar-refractivity contribution in [2.75, 3.05) is 0 Å². The Morgan fingerprint density at radius 2 is 1.54 bits per heavy atom. The van der Waals surface area contributed by atoms with Gasteiger partial charge in [0.25, 0.3) is 5.56 Å². The minimum Gasteiger partial charge on any atom is -0.292 e. The molecule has 0 saturated heterocycles. The Labute approximate surface area is 211 Å². The Hall–Kier alpha value is -3.33. The third kappa shape index (κ3) is 4.18. The van der Waals surface area contributed by atoms with Crippen molar-refractivity contribution in [3.63, 3.8) is 0 Å². The molecule has 0 saturated carbocycles. The van der Waals surface area contributed by atoms with Gasteiger partial charge in [0.2, 0.25) is 0 Å². The molecule has 35 heavy (non-hydrogen) atoms. The van der Waals surface area contributed by atoms with Gasteiger partial charge in [-0.25, -0.2) is 9.97 Å². The number of alkyl halides is 3. The van der Waals surface area contributed by atoms with Gasteiger partial charge >= 0.3 is 6.18 Å². The highest BCUT2D eigenvalue weighted by Crippen LogP contribution is 2.35. The second kappa shape index (κ2) is 8.71. The van der Waals surface area contributed by atoms with Gasteiger partial charge in [0.1, 0.15) is 6.33 Å². The van der Waals surface area contributed by atoms with Gasteiger partial charge in [0, 0.05) is 15.6 Å². The standard InChI is InChI=1S/C24H12Cl3F3N4O/c25-13-5-8-15(9-6-13)34-22(16-10-7-14(26)11-18(16)27)32-21-20(23(34)35)33(12-31-21)19-4-2-1-3-17(19)24(28,29)30/h1-12H. The van der Waals surface area contributed by atoms with E-state index in [1.807, 2.05) is 0 Å². The molecule has 0 N–H and O–H groups in total. The lowest BCUT2D eigenvalue weighted by molar-refractivity contribution is -0.137. The first-order chi connectivity index (χ1) is 16.6. The average Bonchev–Trinajstić information content (AvgIpc) is 3.24. The van der Waals surface area contributed by atoms with Crippen LogP contribution in [0.2, 0.25) is 15.1 Å². The van der Waals surface area contributed by atoms with Crippen LogP contribution < -0.4 is 5.56 Å². The molecule has 0 radical (unpaired) electrons. The van der Waals surface area contributed by atoms with Crippen LogP contribution in [0, 0.1) is 0 Å². The van der Waals surface area contributed by atoms with Crippen LogP contribution in [0.4, 0.5) is 13.2 Å². The molecular formula is C24H12Cl3F3N4O. The summed E-state index contributed by atoms with van der Waals surface area (Å²) in [6.45, 7) is 0. The van der Waals surface area contributed by atoms with E-state index in [0.29, 0.717) is 21.3 Å². The van der Waals surface area contributed by atoms with E-state index in [1.165, 1.54) is 28.8 Å². The van der Waals surface area contributed by atoms with Crippen molar-refractivity contribution in [2.45, 2.75) is 6.18 Å². The molecule has 5 rings (SSSR count). The Bertz CT molecular complexity index is 1640. The fourth-order valence-electron chi connectivity index (χ4n) is 3.76. The number of para-hydroxylation sites is 1. The number of nitrogens with zero attached hydrogens (tertiary/aromatic N) is 4. The van der Waals surface area contributed by atoms with Crippen molar-refractivity contribution >= 4 is 46.0 Å². The molecule has 11 heteroatoms. The van der Waals surface area contributed by atoms with Crippen LogP contribution in [0.5, 0.6) is 0 Å². The van der Waals surface area contributed by atoms with E-state index in [-0.39, 0.29) is 27.7 Å². The van der Waals surface area contributed by atoms with E-state index < -0.39 is 17.3 Å². The van der Waals surface area contributed by atoms with Crippen LogP contribution in [0.25, 0.3) is 33.9 Å². The van der Waals surface area contributed by atoms with E-state index >= 15 is 0 Å². The minimum atomic E-state index is -4.65. The molecule has 3 aromatic carbocycles. The van der Waals surface area contributed by atoms with E-state index in [0.717, 1.165) is 17.0 Å². The van der Waals surface area contributed by atoms with Crippen LogP contribution in [-0.2, 0) is 6.18 Å². The fourth-order valence-corrected chi connectivity index (χ4v) is 4.38. The lowest BCUT2D eigenvalue weighted by Crippen LogP contribution is -2.24. The Morgan fingerprint density at radius 3 is 2.23 bits per heavy atom. The molecule has 0 spiro atoms. The predicted octanol–water partition coefficient (Wildman–Crippen LogP) is 7.22. The maximum atomic E-state index is 13.9. The first-order valence-corrected chi connectivity index (χ1v) is 11.2. The molecule has 0 fully saturated rings. The number of benzene rings is 3. The van der Waals surface area contributed by atoms with Crippen LogP contribution in [0.1, 0.15) is 5.56 Å². The van der Waals surface area contributed by atoms with Crippen LogP contribution in [-0.4, -0.2) is 19.1 Å². The predicted molar refractivity (Wildman–Crippen MR) is 130 cm³/mol. The van der Waals surface area contributed by atoms with Gasteiger partial charge in [-0.05, 0) is 54.6 Å². The molecule has 0 aliphatic carbocycles. The molecular weight excluding hydrogens is 524 g/mol. The average molecular weight is 536 g/mol. The molecule has 0 atom stereocenters. The van der Waals surface area contributed by atoms with Crippen molar-refractivity contribution in [3.8, 4) is 22.8 Å². The highest BCUT2D eigenvalue weighted by atomic mass is 35.5. The third-order valence-electron chi connectivity index (χ3n) is 5.30. The monoisotopic (exact) mass is 534 g/mol. The van der Waals surface area contributed by atoms with Crippen molar-refractivity contribution in [2.24, 2.45) is 0 Å². The maximum Gasteiger partial charge on any atom is 0.418 e. The topological polar surface area (TPSA) is 52.7 Å². The van der Waals surface area contributed by atoms with Crippen molar-refractivity contribution in [3.05, 3.63) is 104 Å². The zero-order chi connectivity index (χ0) is 24.9. The number of hydrogen-bond donors (Lipinski definition) is 0. The molecule has 2 heterocycles. The molecule has 0 bridgehead atoms. The summed E-state index contributed by atoms with van der Waals surface area (Å²) in [5, 5.41) is 1.05. The zero-order valence-electron chi connectivity index (χ0n) is 17.4. The summed E-state index contributed by atoms with van der Waals surface area (Å²) in [6, 6.07) is 16.0. The second-order valence-corrected chi connectivity index (χ2v) is 8.76. The largest absolute Gasteiger partial charge is 0.418 e. The van der Waals surface area contributed by atoms with E-state index in [1.54, 1.807) is 36.4 Å². The summed E-state index contributed by atoms with van der Waals surface area (Å²) < 4.78 is 43.5. The zero-order valence-corrected chi connectivity index (χ0v) is 19.7. The van der Waals surface area contributed by atoms with Crippen LogP contribution in [0.15, 0.2) is 77.9 Å². The summed E-state index contributed by atoms with van der Waals surface area (Å²) in [7, 11) is 0. The van der Waals surface area contributed by atoms with Gasteiger partial charge in [-0.3, -0.25) is 13.9 Å². The fraction of sp³-hybridized carbons (Fsp3) is 0.0417. The van der Waals surface area contributed by atoms with Gasteiger partial charge in [0.05, 0.1) is 22.0 Å². The first kappa shape index (κ1) is 23.4. The minimum absolute atomic E-state index is 0.0433. The van der Waals surface area contributed by atoms with Gasteiger partial charge in [-0.15, -0.1) is 0 Å². The number of hydrogen-bond acceptors (Lipinski definition) is 3. The number of aromatic nitrogens is 4. The normalized spacial score (nSPS) is 11.8. The highest BCUT2D eigenvalue weighted by Gasteiger charge is 2.34. The van der Waals surface area contributed by atoms with Gasteiger partial charge in [0.15, 0.2) is 17.0 Å². The lowest BCUT2D eigenvalue weighted by atomic mass is 10.1. The Balaban J connectivity index is 1.88. The van der Waals surface area contributed by atoms with E-state index in [2.05, 4.69) is 9.97 Å². The summed E-state index contributed by atoms with van der Waals surface area (Å²) in [6.07, 6.45) is -3.50. The maximum absolute atomic E-state index is 13.9. The SMILES string of the molecule is O=c1c2c(ncn2-c2ccccc2C(F)(F)F)nc(-c2ccc(Cl)cc2Cl)n1-c1ccc(Cl)cc1. The molecule has 2 aromatic heterocycles. The number of halogens is 6. The quantitative estimate of drug-likeness (QED) is 0.245. The molecule has 0 aliphatic heterocycles. The van der Waals surface area contributed by atoms with Crippen molar-refractivity contribution in [1.82, 2.24) is 19.1 Å². The van der Waals surface area contributed by atoms with Crippen LogP contribution in [0.3, 0.4) is 0 Å². The van der Waals surface area contributed by atoms with Crippen molar-refractivity contribution in [1.29, 1.82) is 0 Å². The number of imidazole rings is 1. The Morgan fingerprint density at radius 1 is 0.857 bits per heavy atom. The highest BCUT2D eigenvalue weighted by molar-refractivity contribution is 6.36. The summed E-state index contributed by atoms with van der Waals surface area (Å²) in [4.78, 5) is 22.5. The number of fused-ring (bicyclic) bond motifs is 1. The van der Waals surface area contributed by atoms with Gasteiger partial charge in [-0.2, -0.15) is 13.2 Å². The number of rotatable bonds is 3. The molecule has 0 amide bonds. The summed E-state index contributed by atoms with van der Waals surface area (Å²) in [5.74, 6) is 0.140. The molecule has 176 valence electrons. The third-order valence-corrected chi connectivity index (χ3v) is 6.10. The van der Waals surface area contributed by atoms with Gasteiger partial charge in [-0.1, -0.05) is 46.9 Å².